The van der Waals surface area contributed by atoms with Crippen LogP contribution in [0.1, 0.15) is 5.69 Å². The van der Waals surface area contributed by atoms with Crippen LogP contribution in [-0.2, 0) is 0 Å². The molecule has 3 N–H and O–H groups in total. The van der Waals surface area contributed by atoms with Crippen LogP contribution in [0.2, 0.25) is 0 Å². The molecule has 3 aromatic heterocycles. The molecule has 3 heterocycles. The van der Waals surface area contributed by atoms with Gasteiger partial charge in [-0.05, 0) is 25.1 Å². The van der Waals surface area contributed by atoms with Gasteiger partial charge in [0.25, 0.3) is 0 Å². The zero-order valence-corrected chi connectivity index (χ0v) is 11.9. The summed E-state index contributed by atoms with van der Waals surface area (Å²) in [6.07, 6.45) is 3.26. The topological polar surface area (TPSA) is 93.6 Å². The van der Waals surface area contributed by atoms with E-state index in [-0.39, 0.29) is 0 Å². The van der Waals surface area contributed by atoms with Crippen LogP contribution < -0.4 is 5.73 Å². The minimum atomic E-state index is 0.487. The predicted molar refractivity (Wildman–Crippen MR) is 84.0 cm³/mol. The molecule has 0 atom stereocenters. The Hall–Kier alpha value is -3.15. The Labute approximate surface area is 126 Å². The Kier molecular flexibility index (Phi) is 2.69. The third-order valence-electron chi connectivity index (χ3n) is 3.71. The number of fused-ring (bicyclic) bond motifs is 1. The van der Waals surface area contributed by atoms with Crippen molar-refractivity contribution in [2.24, 2.45) is 0 Å². The summed E-state index contributed by atoms with van der Waals surface area (Å²) in [6, 6.07) is 9.73. The Morgan fingerprint density at radius 2 is 2.05 bits per heavy atom. The lowest BCUT2D eigenvalue weighted by Gasteiger charge is -2.04. The maximum absolute atomic E-state index is 5.85. The fourth-order valence-corrected chi connectivity index (χ4v) is 2.56. The van der Waals surface area contributed by atoms with Crippen molar-refractivity contribution in [3.8, 4) is 22.7 Å². The van der Waals surface area contributed by atoms with Gasteiger partial charge in [0.15, 0.2) is 0 Å². The Balaban J connectivity index is 1.94. The van der Waals surface area contributed by atoms with Crippen molar-refractivity contribution in [1.82, 2.24) is 20.2 Å². The number of aryl methyl sites for hydroxylation is 1. The summed E-state index contributed by atoms with van der Waals surface area (Å²) in [6.45, 7) is 1.90. The van der Waals surface area contributed by atoms with Crippen molar-refractivity contribution >= 4 is 16.6 Å². The first-order valence-electron chi connectivity index (χ1n) is 6.84. The summed E-state index contributed by atoms with van der Waals surface area (Å²) in [5, 5.41) is 8.76. The molecule has 6 heteroatoms. The van der Waals surface area contributed by atoms with Crippen LogP contribution in [0, 0.1) is 6.92 Å². The lowest BCUT2D eigenvalue weighted by atomic mass is 10.1. The van der Waals surface area contributed by atoms with Crippen molar-refractivity contribution in [2.75, 3.05) is 5.73 Å². The first-order valence-corrected chi connectivity index (χ1v) is 6.84. The summed E-state index contributed by atoms with van der Waals surface area (Å²) >= 11 is 0. The van der Waals surface area contributed by atoms with Gasteiger partial charge in [-0.2, -0.15) is 0 Å². The molecule has 0 radical (unpaired) electrons. The van der Waals surface area contributed by atoms with Gasteiger partial charge in [0.1, 0.15) is 0 Å². The molecule has 4 rings (SSSR count). The molecule has 0 aliphatic heterocycles. The number of para-hydroxylation sites is 1. The number of aromatic amines is 1. The van der Waals surface area contributed by atoms with E-state index in [1.165, 1.54) is 6.39 Å². The highest BCUT2D eigenvalue weighted by Crippen LogP contribution is 2.33. The fourth-order valence-electron chi connectivity index (χ4n) is 2.56. The van der Waals surface area contributed by atoms with E-state index in [0.717, 1.165) is 33.4 Å². The van der Waals surface area contributed by atoms with Crippen LogP contribution in [0.3, 0.4) is 0 Å². The third kappa shape index (κ3) is 1.85. The molecule has 22 heavy (non-hydrogen) atoms. The van der Waals surface area contributed by atoms with Crippen LogP contribution in [0.15, 0.2) is 47.3 Å². The molecular weight excluding hydrogens is 278 g/mol. The van der Waals surface area contributed by atoms with E-state index in [0.29, 0.717) is 11.6 Å². The molecule has 4 aromatic rings. The first-order chi connectivity index (χ1) is 10.7. The number of nitrogens with one attached hydrogen (secondary N) is 1. The van der Waals surface area contributed by atoms with Crippen molar-refractivity contribution in [2.45, 2.75) is 6.92 Å². The molecule has 0 saturated carbocycles. The number of anilines is 1. The number of pyridine rings is 1. The van der Waals surface area contributed by atoms with Gasteiger partial charge in [-0.15, -0.1) is 10.2 Å². The average molecular weight is 291 g/mol. The summed E-state index contributed by atoms with van der Waals surface area (Å²) in [4.78, 5) is 7.84. The smallest absolute Gasteiger partial charge is 0.249 e. The van der Waals surface area contributed by atoms with Gasteiger partial charge >= 0.3 is 0 Å². The van der Waals surface area contributed by atoms with Crippen LogP contribution >= 0.6 is 0 Å². The number of hydrogen-bond acceptors (Lipinski definition) is 5. The van der Waals surface area contributed by atoms with E-state index in [1.54, 1.807) is 0 Å². The van der Waals surface area contributed by atoms with Gasteiger partial charge in [-0.1, -0.05) is 12.1 Å². The quantitative estimate of drug-likeness (QED) is 0.591. The summed E-state index contributed by atoms with van der Waals surface area (Å²) < 4.78 is 5.30. The number of benzene rings is 1. The monoisotopic (exact) mass is 291 g/mol. The second kappa shape index (κ2) is 4.70. The molecule has 0 amide bonds. The molecule has 0 aliphatic carbocycles. The number of nitrogens with zero attached hydrogens (tertiary/aromatic N) is 3. The highest BCUT2D eigenvalue weighted by atomic mass is 16.4. The largest absolute Gasteiger partial charge is 0.423 e. The standard InChI is InChI=1S/C16H13N5O/c1-9-13(17)5-6-14(20-9)12-7-18-15-10(12)3-2-4-11(15)16-21-19-8-22-16/h2-8,18H,17H2,1H3. The third-order valence-corrected chi connectivity index (χ3v) is 3.71. The van der Waals surface area contributed by atoms with Crippen LogP contribution in [-0.4, -0.2) is 20.2 Å². The number of aromatic nitrogens is 4. The van der Waals surface area contributed by atoms with E-state index >= 15 is 0 Å². The lowest BCUT2D eigenvalue weighted by Crippen LogP contribution is -1.93. The molecule has 0 aliphatic rings. The van der Waals surface area contributed by atoms with Gasteiger partial charge < -0.3 is 15.1 Å². The minimum absolute atomic E-state index is 0.487. The predicted octanol–water partition coefficient (Wildman–Crippen LogP) is 3.17. The second-order valence-corrected chi connectivity index (χ2v) is 5.05. The number of rotatable bonds is 2. The van der Waals surface area contributed by atoms with Crippen LogP contribution in [0.4, 0.5) is 5.69 Å². The minimum Gasteiger partial charge on any atom is -0.423 e. The van der Waals surface area contributed by atoms with E-state index in [4.69, 9.17) is 10.2 Å². The number of H-pyrrole nitrogens is 1. The Morgan fingerprint density at radius 3 is 2.82 bits per heavy atom. The van der Waals surface area contributed by atoms with Crippen LogP contribution in [0.25, 0.3) is 33.6 Å². The second-order valence-electron chi connectivity index (χ2n) is 5.05. The summed E-state index contributed by atoms with van der Waals surface area (Å²) in [7, 11) is 0. The Morgan fingerprint density at radius 1 is 1.14 bits per heavy atom. The molecule has 108 valence electrons. The van der Waals surface area contributed by atoms with Crippen molar-refractivity contribution in [1.29, 1.82) is 0 Å². The summed E-state index contributed by atoms with van der Waals surface area (Å²) in [5.41, 5.74) is 11.1. The maximum atomic E-state index is 5.85. The molecule has 1 aromatic carbocycles. The number of hydrogen-bond donors (Lipinski definition) is 2. The molecular formula is C16H13N5O. The number of nitrogens with two attached hydrogens (primary N) is 1. The lowest BCUT2D eigenvalue weighted by molar-refractivity contribution is 0.569. The number of nitrogen functional groups attached to an aromatic ring is 1. The Bertz CT molecular complexity index is 956. The molecule has 0 saturated heterocycles. The highest BCUT2D eigenvalue weighted by Gasteiger charge is 2.14. The van der Waals surface area contributed by atoms with E-state index in [9.17, 15) is 0 Å². The first kappa shape index (κ1) is 12.6. The normalized spacial score (nSPS) is 11.1. The molecule has 0 spiro atoms. The highest BCUT2D eigenvalue weighted by molar-refractivity contribution is 6.01. The van der Waals surface area contributed by atoms with Crippen molar-refractivity contribution in [3.05, 3.63) is 48.6 Å². The average Bonchev–Trinajstić information content (AvgIpc) is 3.18. The van der Waals surface area contributed by atoms with Gasteiger partial charge in [0.05, 0.1) is 28.2 Å². The van der Waals surface area contributed by atoms with Gasteiger partial charge in [-0.3, -0.25) is 4.98 Å². The van der Waals surface area contributed by atoms with Gasteiger partial charge in [0, 0.05) is 17.1 Å². The molecule has 0 unspecified atom stereocenters. The fraction of sp³-hybridized carbons (Fsp3) is 0.0625. The molecule has 0 bridgehead atoms. The maximum Gasteiger partial charge on any atom is 0.249 e. The van der Waals surface area contributed by atoms with E-state index < -0.39 is 0 Å². The van der Waals surface area contributed by atoms with Crippen molar-refractivity contribution < 1.29 is 4.42 Å². The molecule has 0 fully saturated rings. The summed E-state index contributed by atoms with van der Waals surface area (Å²) in [5.74, 6) is 0.487. The van der Waals surface area contributed by atoms with E-state index in [1.807, 2.05) is 43.5 Å². The van der Waals surface area contributed by atoms with Gasteiger partial charge in [-0.25, -0.2) is 0 Å². The zero-order chi connectivity index (χ0) is 15.1. The van der Waals surface area contributed by atoms with E-state index in [2.05, 4.69) is 20.2 Å². The molecule has 6 nitrogen and oxygen atoms in total. The SMILES string of the molecule is Cc1nc(-c2c[nH]c3c(-c4nnco4)cccc23)ccc1N. The van der Waals surface area contributed by atoms with Crippen molar-refractivity contribution in [3.63, 3.8) is 0 Å². The van der Waals surface area contributed by atoms with Gasteiger partial charge in [0.2, 0.25) is 12.3 Å². The van der Waals surface area contributed by atoms with Crippen LogP contribution in [0.5, 0.6) is 0 Å². The zero-order valence-electron chi connectivity index (χ0n) is 11.9.